The van der Waals surface area contributed by atoms with E-state index < -0.39 is 11.8 Å². The minimum atomic E-state index is -0.718. The maximum absolute atomic E-state index is 12.3. The molecule has 0 fully saturated rings. The highest BCUT2D eigenvalue weighted by Gasteiger charge is 2.23. The van der Waals surface area contributed by atoms with Crippen LogP contribution in [0.5, 0.6) is 0 Å². The number of ketones is 1. The Morgan fingerprint density at radius 1 is 1.26 bits per heavy atom. The van der Waals surface area contributed by atoms with Crippen molar-refractivity contribution in [1.29, 1.82) is 0 Å². The minimum absolute atomic E-state index is 0.100. The van der Waals surface area contributed by atoms with Crippen molar-refractivity contribution in [2.24, 2.45) is 0 Å². The lowest BCUT2D eigenvalue weighted by atomic mass is 10.0. The van der Waals surface area contributed by atoms with Crippen molar-refractivity contribution in [1.82, 2.24) is 4.90 Å². The van der Waals surface area contributed by atoms with Gasteiger partial charge in [-0.1, -0.05) is 23.2 Å². The van der Waals surface area contributed by atoms with Crippen LogP contribution in [0.2, 0.25) is 10.0 Å². The Morgan fingerprint density at radius 2 is 1.89 bits per heavy atom. The second-order valence-electron chi connectivity index (χ2n) is 3.95. The van der Waals surface area contributed by atoms with Crippen molar-refractivity contribution in [2.45, 2.75) is 0 Å². The summed E-state index contributed by atoms with van der Waals surface area (Å²) in [4.78, 5) is 25.5. The molecule has 0 amide bonds. The number of Topliss-reactive ketones (excluding diaryl/α,β-unsaturated/α-hetero) is 1. The zero-order valence-corrected chi connectivity index (χ0v) is 12.2. The van der Waals surface area contributed by atoms with Crippen LogP contribution in [-0.2, 0) is 9.53 Å². The molecule has 0 N–H and O–H groups in total. The predicted octanol–water partition coefficient (Wildman–Crippen LogP) is 2.79. The summed E-state index contributed by atoms with van der Waals surface area (Å²) in [7, 11) is 4.60. The van der Waals surface area contributed by atoms with E-state index in [1.165, 1.54) is 31.5 Å². The van der Waals surface area contributed by atoms with Crippen LogP contribution in [-0.4, -0.2) is 37.9 Å². The zero-order valence-electron chi connectivity index (χ0n) is 10.7. The smallest absolute Gasteiger partial charge is 0.343 e. The Balaban J connectivity index is 3.24. The zero-order chi connectivity index (χ0) is 14.6. The molecule has 0 aliphatic carbocycles. The molecule has 1 aromatic rings. The third-order valence-corrected chi connectivity index (χ3v) is 2.76. The number of halogens is 2. The van der Waals surface area contributed by atoms with Gasteiger partial charge in [0.1, 0.15) is 5.57 Å². The van der Waals surface area contributed by atoms with E-state index in [0.717, 1.165) is 0 Å². The Bertz CT molecular complexity index is 539. The van der Waals surface area contributed by atoms with Gasteiger partial charge in [-0.25, -0.2) is 4.79 Å². The molecular formula is C13H13Cl2NO3. The third kappa shape index (κ3) is 3.98. The van der Waals surface area contributed by atoms with Crippen molar-refractivity contribution in [3.63, 3.8) is 0 Å². The lowest BCUT2D eigenvalue weighted by Crippen LogP contribution is -2.18. The first-order valence-corrected chi connectivity index (χ1v) is 6.08. The van der Waals surface area contributed by atoms with Crippen LogP contribution in [0.4, 0.5) is 0 Å². The third-order valence-electron chi connectivity index (χ3n) is 2.21. The average molecular weight is 302 g/mol. The van der Waals surface area contributed by atoms with E-state index in [4.69, 9.17) is 23.2 Å². The van der Waals surface area contributed by atoms with Gasteiger partial charge in [0.25, 0.3) is 0 Å². The maximum atomic E-state index is 12.3. The van der Waals surface area contributed by atoms with Gasteiger partial charge < -0.3 is 9.64 Å². The highest BCUT2D eigenvalue weighted by Crippen LogP contribution is 2.23. The molecule has 0 saturated heterocycles. The normalized spacial score (nSPS) is 11.1. The van der Waals surface area contributed by atoms with E-state index in [1.54, 1.807) is 19.0 Å². The summed E-state index contributed by atoms with van der Waals surface area (Å²) < 4.78 is 4.60. The lowest BCUT2D eigenvalue weighted by molar-refractivity contribution is -0.135. The lowest BCUT2D eigenvalue weighted by Gasteiger charge is -2.10. The van der Waals surface area contributed by atoms with Gasteiger partial charge in [-0.3, -0.25) is 4.79 Å². The molecule has 0 unspecified atom stereocenters. The molecule has 0 spiro atoms. The van der Waals surface area contributed by atoms with Gasteiger partial charge in [0.2, 0.25) is 5.78 Å². The number of nitrogens with zero attached hydrogens (tertiary/aromatic N) is 1. The van der Waals surface area contributed by atoms with E-state index in [2.05, 4.69) is 4.74 Å². The number of hydrogen-bond acceptors (Lipinski definition) is 4. The second-order valence-corrected chi connectivity index (χ2v) is 4.79. The highest BCUT2D eigenvalue weighted by atomic mass is 35.5. The van der Waals surface area contributed by atoms with Crippen LogP contribution >= 0.6 is 23.2 Å². The number of benzene rings is 1. The fourth-order valence-electron chi connectivity index (χ4n) is 1.39. The van der Waals surface area contributed by atoms with Gasteiger partial charge >= 0.3 is 5.97 Å². The summed E-state index contributed by atoms with van der Waals surface area (Å²) in [5, 5.41) is 0.601. The molecule has 4 nitrogen and oxygen atoms in total. The summed E-state index contributed by atoms with van der Waals surface area (Å²) in [5.41, 5.74) is 0.0984. The monoisotopic (exact) mass is 301 g/mol. The van der Waals surface area contributed by atoms with E-state index in [9.17, 15) is 9.59 Å². The Hall–Kier alpha value is -1.52. The second kappa shape index (κ2) is 6.59. The van der Waals surface area contributed by atoms with Gasteiger partial charge in [-0.05, 0) is 18.2 Å². The first-order valence-electron chi connectivity index (χ1n) is 5.33. The molecule has 6 heteroatoms. The number of carbonyl (C=O) groups is 2. The summed E-state index contributed by atoms with van der Waals surface area (Å²) in [6, 6.07) is 4.45. The van der Waals surface area contributed by atoms with Crippen LogP contribution in [0, 0.1) is 0 Å². The van der Waals surface area contributed by atoms with Gasteiger partial charge in [0.15, 0.2) is 0 Å². The fourth-order valence-corrected chi connectivity index (χ4v) is 1.89. The van der Waals surface area contributed by atoms with Crippen LogP contribution in [0.25, 0.3) is 0 Å². The number of esters is 1. The van der Waals surface area contributed by atoms with Crippen molar-refractivity contribution in [3.05, 3.63) is 45.6 Å². The van der Waals surface area contributed by atoms with Crippen molar-refractivity contribution >= 4 is 35.0 Å². The van der Waals surface area contributed by atoms with Crippen molar-refractivity contribution in [3.8, 4) is 0 Å². The highest BCUT2D eigenvalue weighted by molar-refractivity contribution is 6.38. The van der Waals surface area contributed by atoms with Gasteiger partial charge in [-0.2, -0.15) is 0 Å². The molecular weight excluding hydrogens is 289 g/mol. The number of ether oxygens (including phenoxy) is 1. The number of methoxy groups -OCH3 is 1. The molecule has 1 aromatic carbocycles. The number of rotatable bonds is 4. The molecule has 0 radical (unpaired) electrons. The first kappa shape index (κ1) is 15.5. The first-order chi connectivity index (χ1) is 8.86. The number of carbonyl (C=O) groups excluding carboxylic acids is 2. The molecule has 0 atom stereocenters. The molecule has 0 aliphatic heterocycles. The van der Waals surface area contributed by atoms with Crippen LogP contribution in [0.1, 0.15) is 10.4 Å². The average Bonchev–Trinajstić information content (AvgIpc) is 2.34. The topological polar surface area (TPSA) is 46.6 Å². The van der Waals surface area contributed by atoms with Crippen molar-refractivity contribution < 1.29 is 14.3 Å². The Morgan fingerprint density at radius 3 is 2.37 bits per heavy atom. The van der Waals surface area contributed by atoms with E-state index in [1.807, 2.05) is 0 Å². The molecule has 0 aromatic heterocycles. The Kier molecular flexibility index (Phi) is 5.39. The minimum Gasteiger partial charge on any atom is -0.465 e. The quantitative estimate of drug-likeness (QED) is 0.282. The molecule has 0 aliphatic rings. The molecule has 0 saturated carbocycles. The van der Waals surface area contributed by atoms with Gasteiger partial charge in [0, 0.05) is 30.9 Å². The molecule has 19 heavy (non-hydrogen) atoms. The summed E-state index contributed by atoms with van der Waals surface area (Å²) in [6.07, 6.45) is 1.39. The number of hydrogen-bond donors (Lipinski definition) is 0. The predicted molar refractivity (Wildman–Crippen MR) is 74.6 cm³/mol. The molecule has 1 rings (SSSR count). The van der Waals surface area contributed by atoms with Gasteiger partial charge in [0.05, 0.1) is 12.1 Å². The largest absolute Gasteiger partial charge is 0.465 e. The van der Waals surface area contributed by atoms with Crippen LogP contribution in [0.15, 0.2) is 30.0 Å². The van der Waals surface area contributed by atoms with E-state index in [-0.39, 0.29) is 16.2 Å². The summed E-state index contributed by atoms with van der Waals surface area (Å²) in [5.74, 6) is -1.23. The Labute approximate surface area is 121 Å². The molecule has 102 valence electrons. The molecule has 0 bridgehead atoms. The van der Waals surface area contributed by atoms with Crippen LogP contribution in [0.3, 0.4) is 0 Å². The SMILES string of the molecule is COC(=O)C(=CN(C)C)C(=O)c1ccc(Cl)cc1Cl. The van der Waals surface area contributed by atoms with Gasteiger partial charge in [-0.15, -0.1) is 0 Å². The standard InChI is InChI=1S/C13H13Cl2NO3/c1-16(2)7-10(13(18)19-3)12(17)9-5-4-8(14)6-11(9)15/h4-7H,1-3H3. The van der Waals surface area contributed by atoms with Crippen LogP contribution < -0.4 is 0 Å². The van der Waals surface area contributed by atoms with E-state index >= 15 is 0 Å². The van der Waals surface area contributed by atoms with E-state index in [0.29, 0.717) is 5.02 Å². The maximum Gasteiger partial charge on any atom is 0.343 e. The molecule has 0 heterocycles. The summed E-state index contributed by atoms with van der Waals surface area (Å²) in [6.45, 7) is 0. The fraction of sp³-hybridized carbons (Fsp3) is 0.231. The van der Waals surface area contributed by atoms with Crippen molar-refractivity contribution in [2.75, 3.05) is 21.2 Å². The summed E-state index contributed by atoms with van der Waals surface area (Å²) >= 11 is 11.7.